The zero-order chi connectivity index (χ0) is 24.6. The van der Waals surface area contributed by atoms with Crippen molar-refractivity contribution in [3.8, 4) is 5.69 Å². The number of aryl methyl sites for hydroxylation is 2. The summed E-state index contributed by atoms with van der Waals surface area (Å²) in [5.41, 5.74) is 1.70. The van der Waals surface area contributed by atoms with Crippen LogP contribution >= 0.6 is 0 Å². The van der Waals surface area contributed by atoms with Gasteiger partial charge in [-0.1, -0.05) is 18.2 Å². The third kappa shape index (κ3) is 4.30. The van der Waals surface area contributed by atoms with Crippen LogP contribution in [0.15, 0.2) is 48.5 Å². The van der Waals surface area contributed by atoms with Gasteiger partial charge in [-0.15, -0.1) is 0 Å². The van der Waals surface area contributed by atoms with E-state index in [4.69, 9.17) is 0 Å². The average molecular weight is 469 g/mol. The van der Waals surface area contributed by atoms with E-state index in [2.05, 4.69) is 15.4 Å². The van der Waals surface area contributed by atoms with Gasteiger partial charge in [-0.25, -0.2) is 9.67 Å². The van der Waals surface area contributed by atoms with Gasteiger partial charge in [0.2, 0.25) is 0 Å². The smallest absolute Gasteiger partial charge is 0.347 e. The number of halogens is 3. The molecule has 0 aliphatic carbocycles. The molecular weight excluding hydrogens is 447 g/mol. The fourth-order valence-corrected chi connectivity index (χ4v) is 3.99. The Hall–Kier alpha value is -3.95. The van der Waals surface area contributed by atoms with Crippen LogP contribution < -0.4 is 5.32 Å². The molecule has 4 aromatic rings. The summed E-state index contributed by atoms with van der Waals surface area (Å²) in [5.74, 6) is -0.812. The minimum Gasteiger partial charge on any atom is -0.347 e. The Labute approximate surface area is 193 Å². The van der Waals surface area contributed by atoms with E-state index in [0.29, 0.717) is 6.54 Å². The predicted molar refractivity (Wildman–Crippen MR) is 120 cm³/mol. The highest BCUT2D eigenvalue weighted by molar-refractivity contribution is 6.43. The number of carbonyl (C=O) groups excluding carboxylic acids is 2. The minimum absolute atomic E-state index is 0.0687. The molecule has 7 nitrogen and oxygen atoms in total. The summed E-state index contributed by atoms with van der Waals surface area (Å²) in [6.07, 6.45) is -4.51. The maximum atomic E-state index is 13.1. The van der Waals surface area contributed by atoms with Gasteiger partial charge in [-0.2, -0.15) is 18.3 Å². The fourth-order valence-electron chi connectivity index (χ4n) is 3.99. The molecule has 176 valence electrons. The van der Waals surface area contributed by atoms with Crippen LogP contribution in [0.25, 0.3) is 16.7 Å². The quantitative estimate of drug-likeness (QED) is 0.340. The Balaban J connectivity index is 1.50. The third-order valence-electron chi connectivity index (χ3n) is 5.61. The van der Waals surface area contributed by atoms with E-state index < -0.39 is 23.4 Å². The molecule has 1 N–H and O–H groups in total. The van der Waals surface area contributed by atoms with Crippen LogP contribution in [0.3, 0.4) is 0 Å². The number of para-hydroxylation sites is 2. The van der Waals surface area contributed by atoms with Crippen molar-refractivity contribution in [2.24, 2.45) is 0 Å². The van der Waals surface area contributed by atoms with Crippen LogP contribution in [0, 0.1) is 20.8 Å². The SMILES string of the molecule is Cc1nn(-c2cccc(C(F)(F)F)c2)c(C)c1C(=O)C(=O)NCCn1c(C)nc2ccccc21. The number of ketones is 1. The number of rotatable bonds is 6. The number of benzene rings is 2. The molecule has 0 spiro atoms. The molecule has 0 radical (unpaired) electrons. The molecule has 10 heteroatoms. The number of fused-ring (bicyclic) bond motifs is 1. The highest BCUT2D eigenvalue weighted by atomic mass is 19.4. The first kappa shape index (κ1) is 23.2. The standard InChI is InChI=1S/C24H22F3N5O2/c1-14-21(15(2)32(30-14)18-8-6-7-17(13-18)24(25,26)27)22(33)23(34)28-11-12-31-16(3)29-19-9-4-5-10-20(19)31/h4-10,13H,11-12H2,1-3H3,(H,28,34). The summed E-state index contributed by atoms with van der Waals surface area (Å²) in [7, 11) is 0. The van der Waals surface area contributed by atoms with Crippen molar-refractivity contribution in [1.29, 1.82) is 0 Å². The van der Waals surface area contributed by atoms with Crippen molar-refractivity contribution in [2.45, 2.75) is 33.5 Å². The number of alkyl halides is 3. The molecule has 0 fully saturated rings. The van der Waals surface area contributed by atoms with Crippen LogP contribution in [-0.2, 0) is 17.5 Å². The van der Waals surface area contributed by atoms with Crippen molar-refractivity contribution in [2.75, 3.05) is 6.54 Å². The molecule has 0 saturated carbocycles. The maximum Gasteiger partial charge on any atom is 0.416 e. The van der Waals surface area contributed by atoms with E-state index in [-0.39, 0.29) is 29.2 Å². The maximum absolute atomic E-state index is 13.1. The van der Waals surface area contributed by atoms with E-state index >= 15 is 0 Å². The molecular formula is C24H22F3N5O2. The fraction of sp³-hybridized carbons (Fsp3) is 0.250. The van der Waals surface area contributed by atoms with Gasteiger partial charge >= 0.3 is 6.18 Å². The second-order valence-corrected chi connectivity index (χ2v) is 7.89. The normalized spacial score (nSPS) is 11.7. The second kappa shape index (κ2) is 8.77. The number of nitrogens with one attached hydrogen (secondary N) is 1. The van der Waals surface area contributed by atoms with Crippen LogP contribution in [0.4, 0.5) is 13.2 Å². The van der Waals surface area contributed by atoms with E-state index in [0.717, 1.165) is 29.0 Å². The molecule has 34 heavy (non-hydrogen) atoms. The molecule has 1 amide bonds. The highest BCUT2D eigenvalue weighted by Crippen LogP contribution is 2.31. The molecule has 0 aliphatic rings. The molecule has 2 heterocycles. The molecule has 0 saturated heterocycles. The summed E-state index contributed by atoms with van der Waals surface area (Å²) >= 11 is 0. The molecule has 2 aromatic carbocycles. The first-order valence-corrected chi connectivity index (χ1v) is 10.6. The van der Waals surface area contributed by atoms with Crippen LogP contribution in [0.2, 0.25) is 0 Å². The molecule has 0 aliphatic heterocycles. The van der Waals surface area contributed by atoms with Gasteiger partial charge in [0.05, 0.1) is 39.2 Å². The Bertz CT molecular complexity index is 1400. The lowest BCUT2D eigenvalue weighted by Gasteiger charge is -2.10. The third-order valence-corrected chi connectivity index (χ3v) is 5.61. The summed E-state index contributed by atoms with van der Waals surface area (Å²) in [6.45, 7) is 5.57. The van der Waals surface area contributed by atoms with Crippen molar-refractivity contribution in [1.82, 2.24) is 24.6 Å². The lowest BCUT2D eigenvalue weighted by atomic mass is 10.1. The van der Waals surface area contributed by atoms with Crippen molar-refractivity contribution >= 4 is 22.7 Å². The van der Waals surface area contributed by atoms with Gasteiger partial charge < -0.3 is 9.88 Å². The van der Waals surface area contributed by atoms with Gasteiger partial charge in [-0.05, 0) is 51.1 Å². The number of hydrogen-bond donors (Lipinski definition) is 1. The number of amides is 1. The average Bonchev–Trinajstić information content (AvgIpc) is 3.27. The molecule has 0 atom stereocenters. The summed E-state index contributed by atoms with van der Waals surface area (Å²) in [6, 6.07) is 12.3. The van der Waals surface area contributed by atoms with Crippen molar-refractivity contribution < 1.29 is 22.8 Å². The van der Waals surface area contributed by atoms with Crippen molar-refractivity contribution in [3.63, 3.8) is 0 Å². The van der Waals surface area contributed by atoms with Gasteiger partial charge in [0, 0.05) is 13.1 Å². The van der Waals surface area contributed by atoms with Gasteiger partial charge in [0.25, 0.3) is 11.7 Å². The first-order chi connectivity index (χ1) is 16.1. The Morgan fingerprint density at radius 3 is 2.50 bits per heavy atom. The number of nitrogens with zero attached hydrogens (tertiary/aromatic N) is 4. The Morgan fingerprint density at radius 2 is 1.76 bits per heavy atom. The number of Topliss-reactive ketones (excluding diaryl/α,β-unsaturated/α-hetero) is 1. The molecule has 0 bridgehead atoms. The van der Waals surface area contributed by atoms with E-state index in [1.165, 1.54) is 16.8 Å². The highest BCUT2D eigenvalue weighted by Gasteiger charge is 2.31. The van der Waals surface area contributed by atoms with Crippen molar-refractivity contribution in [3.05, 3.63) is 76.9 Å². The monoisotopic (exact) mass is 469 g/mol. The molecule has 4 rings (SSSR count). The Kier molecular flexibility index (Phi) is 5.99. The van der Waals surface area contributed by atoms with Crippen LogP contribution in [-0.4, -0.2) is 37.6 Å². The van der Waals surface area contributed by atoms with E-state index in [9.17, 15) is 22.8 Å². The van der Waals surface area contributed by atoms with E-state index in [1.54, 1.807) is 13.8 Å². The van der Waals surface area contributed by atoms with Crippen LogP contribution in [0.1, 0.15) is 33.1 Å². The number of carbonyl (C=O) groups is 2. The number of hydrogen-bond acceptors (Lipinski definition) is 4. The molecule has 0 unspecified atom stereocenters. The van der Waals surface area contributed by atoms with Crippen LogP contribution in [0.5, 0.6) is 0 Å². The largest absolute Gasteiger partial charge is 0.416 e. The minimum atomic E-state index is -4.51. The molecule has 2 aromatic heterocycles. The zero-order valence-electron chi connectivity index (χ0n) is 18.8. The van der Waals surface area contributed by atoms with Gasteiger partial charge in [0.15, 0.2) is 0 Å². The zero-order valence-corrected chi connectivity index (χ0v) is 18.8. The lowest BCUT2D eigenvalue weighted by Crippen LogP contribution is -2.34. The number of aromatic nitrogens is 4. The summed E-state index contributed by atoms with van der Waals surface area (Å²) < 4.78 is 42.5. The second-order valence-electron chi connectivity index (χ2n) is 7.89. The summed E-state index contributed by atoms with van der Waals surface area (Å²) in [5, 5.41) is 6.83. The van der Waals surface area contributed by atoms with Gasteiger partial charge in [-0.3, -0.25) is 9.59 Å². The number of imidazole rings is 1. The topological polar surface area (TPSA) is 81.8 Å². The Morgan fingerprint density at radius 1 is 1.03 bits per heavy atom. The van der Waals surface area contributed by atoms with Gasteiger partial charge in [0.1, 0.15) is 5.82 Å². The predicted octanol–water partition coefficient (Wildman–Crippen LogP) is 4.17. The first-order valence-electron chi connectivity index (χ1n) is 10.6. The van der Waals surface area contributed by atoms with E-state index in [1.807, 2.05) is 35.8 Å². The summed E-state index contributed by atoms with van der Waals surface area (Å²) in [4.78, 5) is 29.9. The lowest BCUT2D eigenvalue weighted by molar-refractivity contribution is -0.137.